The zero-order valence-corrected chi connectivity index (χ0v) is 34.8. The highest BCUT2D eigenvalue weighted by Gasteiger charge is 2.68. The maximum absolute atomic E-state index is 15.2. The van der Waals surface area contributed by atoms with Gasteiger partial charge in [-0.3, -0.25) is 23.9 Å². The summed E-state index contributed by atoms with van der Waals surface area (Å²) >= 11 is 17.8. The number of phenols is 1. The molecule has 3 aromatic carbocycles. The Labute approximate surface area is 344 Å². The first kappa shape index (κ1) is 37.1. The molecule has 10 nitrogen and oxygen atoms in total. The molecule has 9 rings (SSSR count). The van der Waals surface area contributed by atoms with E-state index in [9.17, 15) is 19.5 Å². The maximum Gasteiger partial charge on any atom is 0.242 e. The first-order chi connectivity index (χ1) is 26.6. The highest BCUT2D eigenvalue weighted by atomic mass is 79.9. The minimum Gasteiger partial charge on any atom is -0.503 e. The molecule has 6 atom stereocenters. The first-order valence-electron chi connectivity index (χ1n) is 18.2. The van der Waals surface area contributed by atoms with Crippen LogP contribution in [0, 0.1) is 42.9 Å². The van der Waals surface area contributed by atoms with E-state index in [0.717, 1.165) is 31.7 Å². The summed E-state index contributed by atoms with van der Waals surface area (Å²) in [5.41, 5.74) is 2.94. The Morgan fingerprint density at radius 3 is 2.46 bits per heavy atom. The molecule has 0 radical (unpaired) electrons. The van der Waals surface area contributed by atoms with Crippen LogP contribution in [0.25, 0.3) is 20.7 Å². The van der Waals surface area contributed by atoms with Crippen LogP contribution < -0.4 is 14.5 Å². The number of allylic oxidation sites excluding steroid dienone is 2. The number of rotatable bonds is 5. The van der Waals surface area contributed by atoms with E-state index >= 15 is 4.79 Å². The zero-order chi connectivity index (χ0) is 39.7. The number of phenolic OH excluding ortho intramolecular Hbond substituents is 1. The number of methoxy groups -OCH3 is 1. The number of halogens is 3. The number of carbonyl (C=O) groups excluding carboxylic acids is 4. The fourth-order valence-electron chi connectivity index (χ4n) is 9.72. The number of aromatic nitrogens is 2. The Bertz CT molecular complexity index is 2640. The van der Waals surface area contributed by atoms with Gasteiger partial charge in [-0.2, -0.15) is 5.10 Å². The molecule has 2 aromatic heterocycles. The quantitative estimate of drug-likeness (QED) is 0.138. The van der Waals surface area contributed by atoms with Crippen LogP contribution in [0.4, 0.5) is 11.5 Å². The van der Waals surface area contributed by atoms with Crippen LogP contribution in [0.15, 0.2) is 70.7 Å². The lowest BCUT2D eigenvalue weighted by atomic mass is 9.51. The second-order valence-corrected chi connectivity index (χ2v) is 18.1. The SMILES string of the molecule is COc1cc([C@H]2C3=CC[C@@H]4C(=O)N(c5ccc(C)c(Cl)c5)C(=O)[C@@H]4[C@@H]3C[C@H]3C(=O)N(c4cc(-c5sc6ccc(Cl)cc6c5C)nn4C)C(=O)[C@@]23C)cc(Br)c1O. The van der Waals surface area contributed by atoms with Gasteiger partial charge in [0.1, 0.15) is 11.5 Å². The van der Waals surface area contributed by atoms with Gasteiger partial charge in [-0.25, -0.2) is 9.80 Å². The topological polar surface area (TPSA) is 122 Å². The van der Waals surface area contributed by atoms with Crippen molar-refractivity contribution in [2.24, 2.45) is 36.1 Å². The molecule has 4 aliphatic rings. The van der Waals surface area contributed by atoms with Gasteiger partial charge in [0.05, 0.1) is 45.3 Å². The monoisotopic (exact) mass is 872 g/mol. The van der Waals surface area contributed by atoms with E-state index in [1.807, 2.05) is 45.0 Å². The number of aryl methyl sites for hydroxylation is 3. The Kier molecular flexibility index (Phi) is 8.63. The van der Waals surface area contributed by atoms with Crippen LogP contribution in [-0.2, 0) is 26.2 Å². The smallest absolute Gasteiger partial charge is 0.242 e. The maximum atomic E-state index is 15.2. The Balaban J connectivity index is 1.17. The van der Waals surface area contributed by atoms with Gasteiger partial charge in [-0.1, -0.05) is 40.9 Å². The molecule has 14 heteroatoms. The van der Waals surface area contributed by atoms with Gasteiger partial charge in [0.15, 0.2) is 11.5 Å². The predicted octanol–water partition coefficient (Wildman–Crippen LogP) is 9.14. The van der Waals surface area contributed by atoms with Gasteiger partial charge in [-0.05, 0) is 120 Å². The zero-order valence-electron chi connectivity index (χ0n) is 30.9. The third-order valence-corrected chi connectivity index (χ3v) is 15.0. The minimum atomic E-state index is -1.32. The molecule has 0 spiro atoms. The van der Waals surface area contributed by atoms with Crippen molar-refractivity contribution in [1.29, 1.82) is 0 Å². The highest BCUT2D eigenvalue weighted by Crippen LogP contribution is 2.64. The summed E-state index contributed by atoms with van der Waals surface area (Å²) < 4.78 is 8.51. The number of amides is 4. The molecule has 4 heterocycles. The number of anilines is 2. The predicted molar refractivity (Wildman–Crippen MR) is 219 cm³/mol. The van der Waals surface area contributed by atoms with Crippen molar-refractivity contribution in [2.45, 2.75) is 39.5 Å². The second kappa shape index (κ2) is 13.0. The van der Waals surface area contributed by atoms with Gasteiger partial charge in [0.2, 0.25) is 23.6 Å². The van der Waals surface area contributed by atoms with Crippen molar-refractivity contribution in [1.82, 2.24) is 9.78 Å². The highest BCUT2D eigenvalue weighted by molar-refractivity contribution is 9.10. The van der Waals surface area contributed by atoms with Crippen molar-refractivity contribution in [3.63, 3.8) is 0 Å². The second-order valence-electron chi connectivity index (χ2n) is 15.4. The number of imide groups is 2. The summed E-state index contributed by atoms with van der Waals surface area (Å²) in [6, 6.07) is 16.1. The van der Waals surface area contributed by atoms with E-state index in [-0.39, 0.29) is 36.2 Å². The van der Waals surface area contributed by atoms with E-state index in [2.05, 4.69) is 15.9 Å². The number of thiophene rings is 1. The Hall–Kier alpha value is -4.49. The molecule has 1 N–H and O–H groups in total. The minimum absolute atomic E-state index is 0.108. The molecule has 3 fully saturated rings. The molecule has 0 unspecified atom stereocenters. The van der Waals surface area contributed by atoms with E-state index in [0.29, 0.717) is 37.3 Å². The van der Waals surface area contributed by atoms with Crippen LogP contribution in [-0.4, -0.2) is 45.6 Å². The van der Waals surface area contributed by atoms with Crippen molar-refractivity contribution in [3.05, 3.63) is 97.5 Å². The number of hydrogen-bond donors (Lipinski definition) is 1. The van der Waals surface area contributed by atoms with E-state index < -0.39 is 46.8 Å². The van der Waals surface area contributed by atoms with Crippen LogP contribution in [0.2, 0.25) is 10.0 Å². The summed E-state index contributed by atoms with van der Waals surface area (Å²) in [5.74, 6) is -4.59. The molecule has 4 amide bonds. The third kappa shape index (κ3) is 5.14. The van der Waals surface area contributed by atoms with Crippen molar-refractivity contribution in [2.75, 3.05) is 16.9 Å². The lowest BCUT2D eigenvalue weighted by Crippen LogP contribution is -2.49. The molecule has 2 aliphatic carbocycles. The standard InChI is InChI=1S/C42H35BrCl2N4O6S/c1-18-6-8-22(15-29(18)45)48-38(51)24-10-9-23-26(34(24)40(48)53)16-27-39(52)49(41(54)42(27,3)35(23)20-12-28(43)36(50)31(13-20)55-5)33-17-30(46-47(33)4)37-19(2)25-14-21(44)7-11-32(25)56-37/h6-9,11-15,17,24,26-27,34-35,50H,10,16H2,1-5H3/t24-,26+,27-,34-,35-,42+/m0/s1. The van der Waals surface area contributed by atoms with Crippen molar-refractivity contribution in [3.8, 4) is 22.1 Å². The van der Waals surface area contributed by atoms with Gasteiger partial charge < -0.3 is 9.84 Å². The van der Waals surface area contributed by atoms with Gasteiger partial charge >= 0.3 is 0 Å². The van der Waals surface area contributed by atoms with E-state index in [1.54, 1.807) is 59.5 Å². The summed E-state index contributed by atoms with van der Waals surface area (Å²) in [6.07, 6.45) is 2.45. The normalized spacial score (nSPS) is 25.9. The lowest BCUT2D eigenvalue weighted by molar-refractivity contribution is -0.131. The average molecular weight is 875 g/mol. The summed E-state index contributed by atoms with van der Waals surface area (Å²) in [6.45, 7) is 5.67. The Morgan fingerprint density at radius 2 is 1.73 bits per heavy atom. The average Bonchev–Trinajstić information content (AvgIpc) is 3.84. The number of carbonyl (C=O) groups is 4. The largest absolute Gasteiger partial charge is 0.503 e. The van der Waals surface area contributed by atoms with Gasteiger partial charge in [0, 0.05) is 33.8 Å². The first-order valence-corrected chi connectivity index (χ1v) is 20.5. The molecule has 5 aromatic rings. The fourth-order valence-corrected chi connectivity index (χ4v) is 11.7. The van der Waals surface area contributed by atoms with Crippen LogP contribution in [0.1, 0.15) is 42.4 Å². The molecule has 1 saturated carbocycles. The van der Waals surface area contributed by atoms with Crippen LogP contribution in [0.3, 0.4) is 0 Å². The summed E-state index contributed by atoms with van der Waals surface area (Å²) in [5, 5.41) is 17.7. The lowest BCUT2D eigenvalue weighted by Gasteiger charge is -2.49. The number of hydrogen-bond acceptors (Lipinski definition) is 8. The third-order valence-electron chi connectivity index (χ3n) is 12.5. The van der Waals surface area contributed by atoms with E-state index in [1.165, 1.54) is 16.9 Å². The van der Waals surface area contributed by atoms with Crippen molar-refractivity contribution < 1.29 is 29.0 Å². The van der Waals surface area contributed by atoms with Crippen molar-refractivity contribution >= 4 is 95.7 Å². The molecular formula is C42H35BrCl2N4O6S. The molecule has 0 bridgehead atoms. The number of aromatic hydroxyl groups is 1. The van der Waals surface area contributed by atoms with Crippen LogP contribution in [0.5, 0.6) is 11.5 Å². The summed E-state index contributed by atoms with van der Waals surface area (Å²) in [7, 11) is 3.15. The number of benzene rings is 3. The summed E-state index contributed by atoms with van der Waals surface area (Å²) in [4.78, 5) is 62.2. The van der Waals surface area contributed by atoms with E-state index in [4.69, 9.17) is 33.0 Å². The number of ether oxygens (including phenoxy) is 1. The van der Waals surface area contributed by atoms with Gasteiger partial charge in [-0.15, -0.1) is 11.3 Å². The number of nitrogens with zero attached hydrogens (tertiary/aromatic N) is 4. The van der Waals surface area contributed by atoms with Crippen LogP contribution >= 0.6 is 50.5 Å². The molecule has 2 aliphatic heterocycles. The molecule has 286 valence electrons. The fraction of sp³-hybridized carbons (Fsp3) is 0.310. The molecular weight excluding hydrogens is 839 g/mol. The molecule has 2 saturated heterocycles. The molecule has 56 heavy (non-hydrogen) atoms. The number of fused-ring (bicyclic) bond motifs is 5. The Morgan fingerprint density at radius 1 is 0.964 bits per heavy atom. The van der Waals surface area contributed by atoms with Gasteiger partial charge in [0.25, 0.3) is 0 Å².